The zero-order valence-corrected chi connectivity index (χ0v) is 79.0. The highest BCUT2D eigenvalue weighted by Crippen LogP contribution is 2.44. The molecule has 1 heterocycles. The maximum atomic E-state index is 13.6. The van der Waals surface area contributed by atoms with Crippen LogP contribution in [0.5, 0.6) is 0 Å². The first-order chi connectivity index (χ1) is 53.2. The van der Waals surface area contributed by atoms with Crippen molar-refractivity contribution in [3.05, 3.63) is 169 Å². The molecule has 0 saturated carbocycles. The number of ketones is 2. The molecule has 0 aromatic heterocycles. The summed E-state index contributed by atoms with van der Waals surface area (Å²) in [6.07, 6.45) is -7.36. The van der Waals surface area contributed by atoms with Gasteiger partial charge in [-0.25, -0.2) is 10.9 Å². The van der Waals surface area contributed by atoms with Gasteiger partial charge in [0.2, 0.25) is 5.66 Å². The van der Waals surface area contributed by atoms with Crippen LogP contribution in [0.15, 0.2) is 131 Å². The summed E-state index contributed by atoms with van der Waals surface area (Å²) >= 11 is 1.95. The molecule has 2 N–H and O–H groups in total. The molecule has 1 saturated heterocycles. The van der Waals surface area contributed by atoms with Gasteiger partial charge < -0.3 is 17.7 Å². The van der Waals surface area contributed by atoms with Gasteiger partial charge >= 0.3 is 34.8 Å². The number of aryl methyl sites for hydroxylation is 1. The van der Waals surface area contributed by atoms with Crippen LogP contribution in [0.3, 0.4) is 0 Å². The van der Waals surface area contributed by atoms with Gasteiger partial charge in [0.1, 0.15) is 4.90 Å². The molecule has 5 aromatic rings. The van der Waals surface area contributed by atoms with Crippen molar-refractivity contribution in [2.24, 2.45) is 5.16 Å². The molecule has 0 bridgehead atoms. The number of hydrogen-bond donors (Lipinski definition) is 2. The number of oxime groups is 1. The number of alkyl halides is 12. The molecule has 0 aliphatic carbocycles. The summed E-state index contributed by atoms with van der Waals surface area (Å²) in [6.45, 7) is 54.2. The molecule has 0 unspecified atom stereocenters. The van der Waals surface area contributed by atoms with Crippen molar-refractivity contribution in [1.29, 1.82) is 0 Å². The van der Waals surface area contributed by atoms with Crippen LogP contribution in [-0.2, 0) is 37.8 Å². The minimum absolute atomic E-state index is 0.0238. The molecule has 648 valence electrons. The minimum atomic E-state index is -4.94. The Bertz CT molecular complexity index is 4390. The Morgan fingerprint density at radius 1 is 0.444 bits per heavy atom. The summed E-state index contributed by atoms with van der Waals surface area (Å²) < 4.78 is 208. The van der Waals surface area contributed by atoms with E-state index in [2.05, 4.69) is 218 Å². The van der Waals surface area contributed by atoms with E-state index in [1.165, 1.54) is 84.9 Å². The topological polar surface area (TPSA) is 171 Å². The van der Waals surface area contributed by atoms with E-state index < -0.39 is 91.0 Å². The molecule has 6 rings (SSSR count). The van der Waals surface area contributed by atoms with E-state index in [1.807, 2.05) is 29.5 Å². The summed E-state index contributed by atoms with van der Waals surface area (Å²) in [6, 6.07) is 27.3. The zero-order valence-electron chi connectivity index (χ0n) is 72.0. The number of rotatable bonds is 23. The van der Waals surface area contributed by atoms with Crippen molar-refractivity contribution >= 4 is 83.3 Å². The van der Waals surface area contributed by atoms with Gasteiger partial charge in [0.15, 0.2) is 39.0 Å². The van der Waals surface area contributed by atoms with Gasteiger partial charge in [-0.2, -0.15) is 61.1 Å². The fourth-order valence-electron chi connectivity index (χ4n) is 9.15. The summed E-state index contributed by atoms with van der Waals surface area (Å²) in [4.78, 5) is 21.5. The number of carbonyl (C=O) groups is 2. The van der Waals surface area contributed by atoms with E-state index in [0.29, 0.717) is 36.0 Å². The molecular weight excluding hydrogens is 1730 g/mol. The smallest absolute Gasteiger partial charge is 0.413 e. The van der Waals surface area contributed by atoms with E-state index >= 15 is 0 Å². The van der Waals surface area contributed by atoms with Crippen molar-refractivity contribution in [2.75, 3.05) is 0 Å². The highest BCUT2D eigenvalue weighted by Gasteiger charge is 2.65. The molecule has 0 amide bonds. The first-order valence-corrected chi connectivity index (χ1v) is 52.5. The van der Waals surface area contributed by atoms with Crippen molar-refractivity contribution in [3.63, 3.8) is 0 Å². The Hall–Kier alpha value is -6.38. The molecule has 12 nitrogen and oxygen atoms in total. The van der Waals surface area contributed by atoms with E-state index in [0.717, 1.165) is 65.5 Å². The quantitative estimate of drug-likeness (QED) is 0.00932. The van der Waals surface area contributed by atoms with Crippen LogP contribution in [0.1, 0.15) is 216 Å². The SMILES string of the molecule is C#CC[C@@H](CC)O[Si](C)(C)C(C)(C)C.CC[C@H](CC#Cc1ccc(C(=NOS(=O)(=O)c2ccc(C)cc2)C(F)(F)F)cc1)O[Si](C)(C)C(C)(C)C.CC[C@H](CC#Cc1ccc(C(=O)C(F)(F)F)cc1)O[Si](C)(C)C(C)(C)C.CC[C@H](CC#Cc1ccc(C2(C(F)(F)F)NN2)cc1)O[Si](C)(C)C(C)(C)C.O=C(c1ccc(I)cc1)C(F)(F)F. The number of benzene rings is 5. The van der Waals surface area contributed by atoms with E-state index in [1.54, 1.807) is 19.1 Å². The van der Waals surface area contributed by atoms with Crippen molar-refractivity contribution < 1.29 is 92.7 Å². The van der Waals surface area contributed by atoms with Crippen LogP contribution >= 0.6 is 22.6 Å². The Balaban J connectivity index is 0.000000520. The highest BCUT2D eigenvalue weighted by atomic mass is 127. The van der Waals surface area contributed by atoms with Crippen molar-refractivity contribution in [2.45, 2.75) is 301 Å². The van der Waals surface area contributed by atoms with E-state index in [-0.39, 0.29) is 71.7 Å². The third-order valence-electron chi connectivity index (χ3n) is 20.8. The van der Waals surface area contributed by atoms with Gasteiger partial charge in [0.05, 0.1) is 24.4 Å². The first-order valence-electron chi connectivity index (χ1n) is 38.4. The predicted octanol–water partition coefficient (Wildman–Crippen LogP) is 25.1. The summed E-state index contributed by atoms with van der Waals surface area (Å²) in [5.41, 5.74) is 2.47. The number of nitrogens with one attached hydrogen (secondary N) is 2. The van der Waals surface area contributed by atoms with Gasteiger partial charge in [-0.3, -0.25) is 13.9 Å². The molecule has 1 fully saturated rings. The predicted molar refractivity (Wildman–Crippen MR) is 463 cm³/mol. The van der Waals surface area contributed by atoms with Gasteiger partial charge in [0.25, 0.3) is 11.6 Å². The molecular formula is C87H118F12IN3O9SSi4. The molecule has 0 spiro atoms. The third kappa shape index (κ3) is 34.9. The van der Waals surface area contributed by atoms with Crippen LogP contribution in [-0.4, -0.2) is 108 Å². The van der Waals surface area contributed by atoms with Gasteiger partial charge in [0, 0.05) is 62.6 Å². The molecule has 4 atom stereocenters. The maximum Gasteiger partial charge on any atom is 0.454 e. The monoisotopic (exact) mass is 1850 g/mol. The number of hydrazine groups is 1. The standard InChI is InChI=1S/C27H34F3NO4SSi.C20H29F3N2OSi.C20H27F3O2Si.C12H24OSi.C8H4F3IO/c1-8-23(34-37(6,7)26(3,4)5)11-9-10-21-14-16-22(17-15-21)25(27(28,29)30)31-35-36(32,33)24-18-12-20(2)13-19-24;1-7-17(26-27(5,6)18(2,3)4)10-8-9-15-11-13-16(14-12-15)19(24-25-19)20(21,22)23;1-7-17(25-26(5,6)19(2,3)4)10-8-9-15-11-13-16(14-12-15)18(24)20(21,22)23;1-8-10-11(9-2)13-14(6,7)12(3,4)5;9-8(10,11)7(13)5-1-3-6(12)4-2-5/h12-19,23H,8,11H2,1-7H3;11-14,17,24-25H,7,10H2,1-6H3;11-14,17H,7,10H2,1-6H3;1,11H,9-10H2,2-7H3;1-4H/t23-;2*17-;11-;/m1111./s1. The van der Waals surface area contributed by atoms with Gasteiger partial charge in [-0.05, 0) is 206 Å². The van der Waals surface area contributed by atoms with Crippen LogP contribution in [0.25, 0.3) is 0 Å². The molecule has 1 aliphatic heterocycles. The average Bonchev–Trinajstić information content (AvgIpc) is 1.58. The lowest BCUT2D eigenvalue weighted by Gasteiger charge is -2.38. The Kier molecular flexibility index (Phi) is 40.0. The Labute approximate surface area is 705 Å². The Morgan fingerprint density at radius 3 is 0.983 bits per heavy atom. The minimum Gasteiger partial charge on any atom is -0.413 e. The second kappa shape index (κ2) is 43.9. The number of terminal acetylenes is 1. The molecule has 0 radical (unpaired) electrons. The number of nitrogens with zero attached hydrogens (tertiary/aromatic N) is 1. The molecule has 30 heteroatoms. The summed E-state index contributed by atoms with van der Waals surface area (Å²) in [7, 11) is -11.8. The van der Waals surface area contributed by atoms with E-state index in [9.17, 15) is 70.7 Å². The maximum absolute atomic E-state index is 13.6. The number of Topliss-reactive ketones (excluding diaryl/α,β-unsaturated/α-hetero) is 2. The van der Waals surface area contributed by atoms with Crippen LogP contribution < -0.4 is 10.9 Å². The summed E-state index contributed by atoms with van der Waals surface area (Å²) in [5.74, 6) is 17.2. The second-order valence-electron chi connectivity index (χ2n) is 34.2. The van der Waals surface area contributed by atoms with Gasteiger partial charge in [-0.15, -0.1) is 12.3 Å². The second-order valence-corrected chi connectivity index (χ2v) is 56.0. The Morgan fingerprint density at radius 2 is 0.726 bits per heavy atom. The number of hydrogen-bond acceptors (Lipinski definition) is 12. The fourth-order valence-corrected chi connectivity index (χ4v) is 16.0. The largest absolute Gasteiger partial charge is 0.454 e. The third-order valence-corrected chi connectivity index (χ3v) is 40.8. The fraction of sp³-hybridized carbons (Fsp3) is 0.529. The van der Waals surface area contributed by atoms with E-state index in [4.69, 9.17) is 24.1 Å². The molecule has 5 aromatic carbocycles. The van der Waals surface area contributed by atoms with Crippen LogP contribution in [0, 0.1) is 58.4 Å². The van der Waals surface area contributed by atoms with Crippen LogP contribution in [0.2, 0.25) is 72.5 Å². The molecule has 1 aliphatic rings. The summed E-state index contributed by atoms with van der Waals surface area (Å²) in [5, 5.41) is 3.58. The van der Waals surface area contributed by atoms with Gasteiger partial charge in [-0.1, -0.05) is 206 Å². The number of carbonyl (C=O) groups excluding carboxylic acids is 2. The zero-order chi connectivity index (χ0) is 90.2. The number of halogens is 13. The lowest BCUT2D eigenvalue weighted by atomic mass is 10.0. The lowest BCUT2D eigenvalue weighted by molar-refractivity contribution is -0.165. The van der Waals surface area contributed by atoms with Crippen LogP contribution in [0.4, 0.5) is 52.7 Å². The average molecular weight is 1850 g/mol. The lowest BCUT2D eigenvalue weighted by Crippen LogP contribution is -2.43. The highest BCUT2D eigenvalue weighted by molar-refractivity contribution is 14.1. The van der Waals surface area contributed by atoms with Crippen molar-refractivity contribution in [1.82, 2.24) is 10.9 Å². The molecule has 117 heavy (non-hydrogen) atoms. The van der Waals surface area contributed by atoms with Crippen molar-refractivity contribution in [3.8, 4) is 47.9 Å². The first kappa shape index (κ1) is 107. The normalized spacial score (nSPS) is 14.7.